The average Bonchev–Trinajstić information content (AvgIpc) is 2.49. The Labute approximate surface area is 109 Å². The van der Waals surface area contributed by atoms with Crippen LogP contribution >= 0.6 is 0 Å². The van der Waals surface area contributed by atoms with E-state index in [1.54, 1.807) is 0 Å². The first-order valence-corrected chi connectivity index (χ1v) is 5.83. The number of fused-ring (bicyclic) bond motifs is 1. The first kappa shape index (κ1) is 13.7. The number of alkyl halides is 3. The van der Waals surface area contributed by atoms with Crippen LogP contribution in [0.1, 0.15) is 26.6 Å². The summed E-state index contributed by atoms with van der Waals surface area (Å²) >= 11 is 0. The SMILES string of the molecule is Cc1nc2ccc(OC(F)(F)F)cc2n1C(C)(C)C. The van der Waals surface area contributed by atoms with Crippen molar-refractivity contribution in [2.24, 2.45) is 0 Å². The average molecular weight is 272 g/mol. The first-order valence-electron chi connectivity index (χ1n) is 5.83. The van der Waals surface area contributed by atoms with Gasteiger partial charge < -0.3 is 9.30 Å². The molecule has 0 aliphatic carbocycles. The smallest absolute Gasteiger partial charge is 0.406 e. The fraction of sp³-hybridized carbons (Fsp3) is 0.462. The number of imidazole rings is 1. The van der Waals surface area contributed by atoms with E-state index in [9.17, 15) is 13.2 Å². The van der Waals surface area contributed by atoms with E-state index in [4.69, 9.17) is 0 Å². The van der Waals surface area contributed by atoms with Crippen LogP contribution in [0.3, 0.4) is 0 Å². The summed E-state index contributed by atoms with van der Waals surface area (Å²) in [7, 11) is 0. The zero-order chi connectivity index (χ0) is 14.4. The van der Waals surface area contributed by atoms with Crippen LogP contribution in [0.5, 0.6) is 5.75 Å². The Hall–Kier alpha value is -1.72. The summed E-state index contributed by atoms with van der Waals surface area (Å²) in [5.41, 5.74) is 1.02. The number of ether oxygens (including phenoxy) is 1. The van der Waals surface area contributed by atoms with Crippen molar-refractivity contribution in [2.75, 3.05) is 0 Å². The third kappa shape index (κ3) is 2.83. The van der Waals surface area contributed by atoms with Gasteiger partial charge in [0, 0.05) is 11.6 Å². The Balaban J connectivity index is 2.58. The molecule has 0 saturated carbocycles. The molecule has 19 heavy (non-hydrogen) atoms. The monoisotopic (exact) mass is 272 g/mol. The number of rotatable bonds is 1. The zero-order valence-electron chi connectivity index (χ0n) is 11.2. The maximum Gasteiger partial charge on any atom is 0.573 e. The lowest BCUT2D eigenvalue weighted by Crippen LogP contribution is -2.23. The number of hydrogen-bond acceptors (Lipinski definition) is 2. The van der Waals surface area contributed by atoms with Crippen LogP contribution in [0, 0.1) is 6.92 Å². The Kier molecular flexibility index (Phi) is 2.99. The van der Waals surface area contributed by atoms with Crippen molar-refractivity contribution in [3.63, 3.8) is 0 Å². The van der Waals surface area contributed by atoms with Crippen LogP contribution in [-0.4, -0.2) is 15.9 Å². The molecule has 6 heteroatoms. The highest BCUT2D eigenvalue weighted by Gasteiger charge is 2.31. The number of aromatic nitrogens is 2. The van der Waals surface area contributed by atoms with E-state index in [1.807, 2.05) is 32.3 Å². The molecule has 0 amide bonds. The molecule has 0 unspecified atom stereocenters. The number of halogens is 3. The van der Waals surface area contributed by atoms with E-state index >= 15 is 0 Å². The van der Waals surface area contributed by atoms with E-state index in [-0.39, 0.29) is 11.3 Å². The highest BCUT2D eigenvalue weighted by molar-refractivity contribution is 5.78. The molecule has 1 aromatic heterocycles. The van der Waals surface area contributed by atoms with Crippen LogP contribution in [0.4, 0.5) is 13.2 Å². The fourth-order valence-corrected chi connectivity index (χ4v) is 2.22. The van der Waals surface area contributed by atoms with Gasteiger partial charge in [-0.2, -0.15) is 0 Å². The summed E-state index contributed by atoms with van der Waals surface area (Å²) in [6, 6.07) is 4.18. The summed E-state index contributed by atoms with van der Waals surface area (Å²) < 4.78 is 42.5. The molecule has 0 aliphatic heterocycles. The number of nitrogens with zero attached hydrogens (tertiary/aromatic N) is 2. The zero-order valence-corrected chi connectivity index (χ0v) is 11.2. The minimum atomic E-state index is -4.69. The molecular weight excluding hydrogens is 257 g/mol. The normalized spacial score (nSPS) is 13.0. The van der Waals surface area contributed by atoms with Crippen LogP contribution in [-0.2, 0) is 5.54 Å². The van der Waals surface area contributed by atoms with Gasteiger partial charge in [0.2, 0.25) is 0 Å². The fourth-order valence-electron chi connectivity index (χ4n) is 2.22. The molecule has 1 aromatic carbocycles. The maximum atomic E-state index is 12.2. The molecule has 0 N–H and O–H groups in total. The molecule has 0 atom stereocenters. The highest BCUT2D eigenvalue weighted by Crippen LogP contribution is 2.30. The predicted octanol–water partition coefficient (Wildman–Crippen LogP) is 4.00. The van der Waals surface area contributed by atoms with Crippen LogP contribution in [0.2, 0.25) is 0 Å². The summed E-state index contributed by atoms with van der Waals surface area (Å²) in [4.78, 5) is 4.34. The topological polar surface area (TPSA) is 27.1 Å². The van der Waals surface area contributed by atoms with Gasteiger partial charge in [0.15, 0.2) is 0 Å². The van der Waals surface area contributed by atoms with Gasteiger partial charge in [-0.1, -0.05) is 0 Å². The molecular formula is C13H15F3N2O. The number of benzene rings is 1. The lowest BCUT2D eigenvalue weighted by molar-refractivity contribution is -0.274. The van der Waals surface area contributed by atoms with Crippen molar-refractivity contribution in [3.8, 4) is 5.75 Å². The van der Waals surface area contributed by atoms with Gasteiger partial charge in [0.1, 0.15) is 11.6 Å². The number of hydrogen-bond donors (Lipinski definition) is 0. The van der Waals surface area contributed by atoms with Crippen LogP contribution in [0.15, 0.2) is 18.2 Å². The minimum Gasteiger partial charge on any atom is -0.406 e. The van der Waals surface area contributed by atoms with Gasteiger partial charge >= 0.3 is 6.36 Å². The molecule has 2 rings (SSSR count). The second kappa shape index (κ2) is 4.15. The standard InChI is InChI=1S/C13H15F3N2O/c1-8-17-10-6-5-9(19-13(14,15)16)7-11(10)18(8)12(2,3)4/h5-7H,1-4H3. The summed E-state index contributed by atoms with van der Waals surface area (Å²) in [5, 5.41) is 0. The Morgan fingerprint density at radius 2 is 1.79 bits per heavy atom. The molecule has 3 nitrogen and oxygen atoms in total. The van der Waals surface area contributed by atoms with Gasteiger partial charge in [-0.25, -0.2) is 4.98 Å². The lowest BCUT2D eigenvalue weighted by atomic mass is 10.1. The van der Waals surface area contributed by atoms with Crippen molar-refractivity contribution in [2.45, 2.75) is 39.6 Å². The van der Waals surface area contributed by atoms with E-state index in [0.29, 0.717) is 11.0 Å². The molecule has 0 saturated heterocycles. The molecule has 0 radical (unpaired) electrons. The first-order chi connectivity index (χ1) is 8.58. The highest BCUT2D eigenvalue weighted by atomic mass is 19.4. The largest absolute Gasteiger partial charge is 0.573 e. The number of aryl methyl sites for hydroxylation is 1. The molecule has 104 valence electrons. The Bertz CT molecular complexity index is 609. The lowest BCUT2D eigenvalue weighted by Gasteiger charge is -2.23. The van der Waals surface area contributed by atoms with E-state index in [1.165, 1.54) is 18.2 Å². The quantitative estimate of drug-likeness (QED) is 0.784. The molecule has 0 bridgehead atoms. The Morgan fingerprint density at radius 1 is 1.16 bits per heavy atom. The van der Waals surface area contributed by atoms with Gasteiger partial charge in [-0.05, 0) is 39.8 Å². The van der Waals surface area contributed by atoms with Gasteiger partial charge in [-0.3, -0.25) is 0 Å². The second-order valence-electron chi connectivity index (χ2n) is 5.36. The van der Waals surface area contributed by atoms with Crippen molar-refractivity contribution in [1.82, 2.24) is 9.55 Å². The third-order valence-electron chi connectivity index (χ3n) is 2.70. The molecule has 0 aliphatic rings. The van der Waals surface area contributed by atoms with Gasteiger partial charge in [0.25, 0.3) is 0 Å². The van der Waals surface area contributed by atoms with Gasteiger partial charge in [0.05, 0.1) is 11.0 Å². The van der Waals surface area contributed by atoms with Crippen LogP contribution in [0.25, 0.3) is 11.0 Å². The molecule has 2 aromatic rings. The second-order valence-corrected chi connectivity index (χ2v) is 5.36. The van der Waals surface area contributed by atoms with Crippen molar-refractivity contribution >= 4 is 11.0 Å². The van der Waals surface area contributed by atoms with E-state index in [2.05, 4.69) is 9.72 Å². The maximum absolute atomic E-state index is 12.2. The molecule has 1 heterocycles. The predicted molar refractivity (Wildman–Crippen MR) is 66.1 cm³/mol. The van der Waals surface area contributed by atoms with Crippen LogP contribution < -0.4 is 4.74 Å². The van der Waals surface area contributed by atoms with E-state index < -0.39 is 6.36 Å². The third-order valence-corrected chi connectivity index (χ3v) is 2.70. The van der Waals surface area contributed by atoms with Crippen molar-refractivity contribution in [1.29, 1.82) is 0 Å². The Morgan fingerprint density at radius 3 is 2.32 bits per heavy atom. The minimum absolute atomic E-state index is 0.231. The summed E-state index contributed by atoms with van der Waals surface area (Å²) in [5.74, 6) is 0.525. The van der Waals surface area contributed by atoms with Gasteiger partial charge in [-0.15, -0.1) is 13.2 Å². The molecule has 0 fully saturated rings. The van der Waals surface area contributed by atoms with Crippen molar-refractivity contribution < 1.29 is 17.9 Å². The summed E-state index contributed by atoms with van der Waals surface area (Å²) in [6.45, 7) is 7.74. The van der Waals surface area contributed by atoms with E-state index in [0.717, 1.165) is 5.82 Å². The molecule has 0 spiro atoms. The summed E-state index contributed by atoms with van der Waals surface area (Å²) in [6.07, 6.45) is -4.69. The van der Waals surface area contributed by atoms with Crippen molar-refractivity contribution in [3.05, 3.63) is 24.0 Å².